The summed E-state index contributed by atoms with van der Waals surface area (Å²) in [4.78, 5) is 28.2. The quantitative estimate of drug-likeness (QED) is 0.285. The van der Waals surface area contributed by atoms with E-state index in [9.17, 15) is 9.59 Å². The molecule has 0 aromatic heterocycles. The average molecular weight is 364 g/mol. The van der Waals surface area contributed by atoms with E-state index in [1.165, 1.54) is 12.8 Å². The zero-order chi connectivity index (χ0) is 19.5. The van der Waals surface area contributed by atoms with Crippen molar-refractivity contribution in [2.24, 2.45) is 11.8 Å². The molecule has 4 nitrogen and oxygen atoms in total. The second kappa shape index (κ2) is 11.3. The number of Topliss-reactive ketones (excluding diaryl/α,β-unsaturated/α-hetero) is 2. The van der Waals surface area contributed by atoms with Gasteiger partial charge in [0.25, 0.3) is 0 Å². The van der Waals surface area contributed by atoms with E-state index in [1.807, 2.05) is 0 Å². The lowest BCUT2D eigenvalue weighted by molar-refractivity contribution is -0.120. The third-order valence-electron chi connectivity index (χ3n) is 5.46. The summed E-state index contributed by atoms with van der Waals surface area (Å²) in [5, 5.41) is 7.38. The highest BCUT2D eigenvalue weighted by atomic mass is 16.1. The standard InChI is InChI=1S/C23H28N2O2/c1-25-21(23(27)19-13-7-3-8-14-19)16-10-4-9-15-20(17-24)22(26)18-11-5-2-6-12-18/h4,9-10,15-16,18-19,24H,2-3,5-8,11-14H2. The van der Waals surface area contributed by atoms with Gasteiger partial charge in [0.05, 0.1) is 12.1 Å². The predicted molar refractivity (Wildman–Crippen MR) is 107 cm³/mol. The number of allylic oxidation sites excluding steroid dienone is 7. The lowest BCUT2D eigenvalue weighted by Gasteiger charge is -2.19. The van der Waals surface area contributed by atoms with Crippen LogP contribution in [-0.2, 0) is 9.59 Å². The summed E-state index contributed by atoms with van der Waals surface area (Å²) in [5.74, 6) is 2.20. The van der Waals surface area contributed by atoms with E-state index in [4.69, 9.17) is 12.0 Å². The van der Waals surface area contributed by atoms with Crippen LogP contribution >= 0.6 is 0 Å². The maximum absolute atomic E-state index is 12.4. The van der Waals surface area contributed by atoms with Crippen LogP contribution in [-0.4, -0.2) is 17.4 Å². The minimum atomic E-state index is -0.0501. The summed E-state index contributed by atoms with van der Waals surface area (Å²) in [5.41, 5.74) is 0.465. The molecule has 0 spiro atoms. The monoisotopic (exact) mass is 364 g/mol. The van der Waals surface area contributed by atoms with Gasteiger partial charge in [-0.25, -0.2) is 4.85 Å². The first-order valence-corrected chi connectivity index (χ1v) is 9.98. The number of hydrogen-bond acceptors (Lipinski definition) is 3. The van der Waals surface area contributed by atoms with Gasteiger partial charge in [-0.3, -0.25) is 10.2 Å². The highest BCUT2D eigenvalue weighted by molar-refractivity contribution is 6.06. The zero-order valence-corrected chi connectivity index (χ0v) is 15.9. The minimum absolute atomic E-state index is 0.000726. The SMILES string of the molecule is [C-]#[N+]C(=CC=CC=CC(=C=N)C(=O)C1CCCCC1)C(=O)C1CCCCC1. The molecule has 0 heterocycles. The molecule has 0 aromatic carbocycles. The predicted octanol–water partition coefficient (Wildman–Crippen LogP) is 5.38. The van der Waals surface area contributed by atoms with Crippen LogP contribution in [0.2, 0.25) is 0 Å². The molecule has 2 aliphatic rings. The number of carbonyl (C=O) groups is 2. The summed E-state index contributed by atoms with van der Waals surface area (Å²) in [7, 11) is 0. The van der Waals surface area contributed by atoms with Crippen LogP contribution < -0.4 is 0 Å². The van der Waals surface area contributed by atoms with Crippen molar-refractivity contribution in [3.8, 4) is 0 Å². The summed E-state index contributed by atoms with van der Waals surface area (Å²) >= 11 is 0. The van der Waals surface area contributed by atoms with E-state index in [2.05, 4.69) is 10.7 Å². The summed E-state index contributed by atoms with van der Waals surface area (Å²) in [6, 6.07) is 0. The summed E-state index contributed by atoms with van der Waals surface area (Å²) < 4.78 is 0. The number of hydrogen-bond donors (Lipinski definition) is 1. The molecule has 1 N–H and O–H groups in total. The third-order valence-corrected chi connectivity index (χ3v) is 5.46. The minimum Gasteiger partial charge on any atom is -0.308 e. The van der Waals surface area contributed by atoms with Gasteiger partial charge in [0.1, 0.15) is 0 Å². The molecule has 4 heteroatoms. The van der Waals surface area contributed by atoms with Crippen molar-refractivity contribution in [3.63, 3.8) is 0 Å². The molecule has 0 aliphatic heterocycles. The summed E-state index contributed by atoms with van der Waals surface area (Å²) in [6.45, 7) is 7.26. The fourth-order valence-electron chi connectivity index (χ4n) is 3.88. The van der Waals surface area contributed by atoms with Crippen LogP contribution in [0.4, 0.5) is 0 Å². The molecular formula is C23H28N2O2. The maximum Gasteiger partial charge on any atom is 0.229 e. The average Bonchev–Trinajstić information content (AvgIpc) is 2.74. The van der Waals surface area contributed by atoms with Crippen molar-refractivity contribution >= 4 is 17.4 Å². The molecule has 27 heavy (non-hydrogen) atoms. The van der Waals surface area contributed by atoms with Crippen LogP contribution in [0.15, 0.2) is 41.7 Å². The Hall–Kier alpha value is -2.50. The molecule has 0 saturated heterocycles. The van der Waals surface area contributed by atoms with Gasteiger partial charge < -0.3 is 4.79 Å². The van der Waals surface area contributed by atoms with Crippen LogP contribution in [0.1, 0.15) is 64.2 Å². The molecule has 2 rings (SSSR count). The number of ketones is 2. The van der Waals surface area contributed by atoms with Gasteiger partial charge in [-0.05, 0) is 37.6 Å². The van der Waals surface area contributed by atoms with Crippen LogP contribution in [0.3, 0.4) is 0 Å². The largest absolute Gasteiger partial charge is 0.308 e. The Morgan fingerprint density at radius 2 is 1.41 bits per heavy atom. The highest BCUT2D eigenvalue weighted by Crippen LogP contribution is 2.27. The Morgan fingerprint density at radius 1 is 0.852 bits per heavy atom. The van der Waals surface area contributed by atoms with Gasteiger partial charge in [0, 0.05) is 11.8 Å². The van der Waals surface area contributed by atoms with Crippen LogP contribution in [0.25, 0.3) is 4.85 Å². The van der Waals surface area contributed by atoms with Crippen molar-refractivity contribution in [3.05, 3.63) is 53.1 Å². The number of nitrogens with one attached hydrogen (secondary N) is 1. The fraction of sp³-hybridized carbons (Fsp3) is 0.522. The van der Waals surface area contributed by atoms with Crippen molar-refractivity contribution in [2.45, 2.75) is 64.2 Å². The molecular weight excluding hydrogens is 336 g/mol. The number of nitrogens with zero attached hydrogens (tertiary/aromatic N) is 1. The van der Waals surface area contributed by atoms with Gasteiger partial charge in [-0.2, -0.15) is 0 Å². The second-order valence-corrected chi connectivity index (χ2v) is 7.34. The molecule has 2 saturated carbocycles. The fourth-order valence-corrected chi connectivity index (χ4v) is 3.88. The zero-order valence-electron chi connectivity index (χ0n) is 15.9. The third kappa shape index (κ3) is 6.31. The van der Waals surface area contributed by atoms with Crippen molar-refractivity contribution < 1.29 is 9.59 Å². The molecule has 0 amide bonds. The first-order chi connectivity index (χ1) is 13.2. The van der Waals surface area contributed by atoms with Crippen LogP contribution in [0.5, 0.6) is 0 Å². The van der Waals surface area contributed by atoms with Gasteiger partial charge in [0.2, 0.25) is 5.70 Å². The molecule has 0 atom stereocenters. The smallest absolute Gasteiger partial charge is 0.229 e. The first-order valence-electron chi connectivity index (χ1n) is 9.98. The molecule has 0 radical (unpaired) electrons. The Labute approximate surface area is 162 Å². The lowest BCUT2D eigenvalue weighted by Crippen LogP contribution is -2.19. The maximum atomic E-state index is 12.4. The normalized spacial score (nSPS) is 19.7. The number of carbonyl (C=O) groups excluding carboxylic acids is 2. The Morgan fingerprint density at radius 3 is 1.93 bits per heavy atom. The van der Waals surface area contributed by atoms with Gasteiger partial charge in [-0.15, -0.1) is 0 Å². The van der Waals surface area contributed by atoms with Crippen molar-refractivity contribution in [2.75, 3.05) is 0 Å². The van der Waals surface area contributed by atoms with E-state index >= 15 is 0 Å². The molecule has 0 bridgehead atoms. The molecule has 0 unspecified atom stereocenters. The van der Waals surface area contributed by atoms with Gasteiger partial charge in [0.15, 0.2) is 11.6 Å². The van der Waals surface area contributed by atoms with Gasteiger partial charge in [-0.1, -0.05) is 62.8 Å². The van der Waals surface area contributed by atoms with E-state index in [0.29, 0.717) is 5.57 Å². The molecule has 0 aromatic rings. The van der Waals surface area contributed by atoms with Gasteiger partial charge >= 0.3 is 0 Å². The lowest BCUT2D eigenvalue weighted by atomic mass is 9.84. The van der Waals surface area contributed by atoms with E-state index in [-0.39, 0.29) is 29.1 Å². The molecule has 2 fully saturated rings. The Bertz CT molecular complexity index is 718. The first kappa shape index (κ1) is 20.8. The highest BCUT2D eigenvalue weighted by Gasteiger charge is 2.24. The van der Waals surface area contributed by atoms with Crippen molar-refractivity contribution in [1.29, 1.82) is 5.41 Å². The van der Waals surface area contributed by atoms with E-state index < -0.39 is 0 Å². The summed E-state index contributed by atoms with van der Waals surface area (Å²) in [6.07, 6.45) is 18.3. The van der Waals surface area contributed by atoms with Crippen LogP contribution in [0, 0.1) is 23.8 Å². The van der Waals surface area contributed by atoms with E-state index in [0.717, 1.165) is 51.4 Å². The van der Waals surface area contributed by atoms with E-state index in [1.54, 1.807) is 30.4 Å². The van der Waals surface area contributed by atoms with Crippen molar-refractivity contribution in [1.82, 2.24) is 0 Å². The topological polar surface area (TPSA) is 62.4 Å². The number of rotatable bonds is 7. The molecule has 2 aliphatic carbocycles. The Kier molecular flexibility index (Phi) is 8.68. The molecule has 142 valence electrons. The second-order valence-electron chi connectivity index (χ2n) is 7.34. The Balaban J connectivity index is 1.94.